The number of pyridine rings is 1. The molecule has 1 heterocycles. The van der Waals surface area contributed by atoms with E-state index in [0.717, 1.165) is 6.20 Å². The largest absolute Gasteiger partial charge is 0.418 e. The summed E-state index contributed by atoms with van der Waals surface area (Å²) in [7, 11) is 0. The third kappa shape index (κ3) is 1.73. The molecular weight excluding hydrogens is 231 g/mol. The Kier molecular flexibility index (Phi) is 2.51. The van der Waals surface area contributed by atoms with Crippen molar-refractivity contribution in [2.24, 2.45) is 5.41 Å². The molecule has 0 amide bonds. The predicted octanol–water partition coefficient (Wildman–Crippen LogP) is 2.76. The van der Waals surface area contributed by atoms with Gasteiger partial charge in [-0.2, -0.15) is 13.2 Å². The zero-order valence-corrected chi connectivity index (χ0v) is 9.67. The van der Waals surface area contributed by atoms with Crippen molar-refractivity contribution in [3.05, 3.63) is 29.6 Å². The van der Waals surface area contributed by atoms with E-state index >= 15 is 0 Å². The van der Waals surface area contributed by atoms with Crippen LogP contribution in [0.15, 0.2) is 18.5 Å². The standard InChI is InChI=1S/C12H14F3NO/c1-10(2)6-11(10,7-17)8-3-4-16-5-9(8)12(13,14)15/h3-5,17H,6-7H2,1-2H3. The topological polar surface area (TPSA) is 33.1 Å². The molecule has 2 nitrogen and oxygen atoms in total. The van der Waals surface area contributed by atoms with Crippen LogP contribution in [0.3, 0.4) is 0 Å². The van der Waals surface area contributed by atoms with Crippen LogP contribution >= 0.6 is 0 Å². The molecule has 0 aromatic carbocycles. The highest BCUT2D eigenvalue weighted by Gasteiger charge is 2.63. The van der Waals surface area contributed by atoms with Crippen LogP contribution in [0.25, 0.3) is 0 Å². The first kappa shape index (κ1) is 12.4. The number of aromatic nitrogens is 1. The van der Waals surface area contributed by atoms with Crippen molar-refractivity contribution in [2.75, 3.05) is 6.61 Å². The first-order valence-corrected chi connectivity index (χ1v) is 5.37. The highest BCUT2D eigenvalue weighted by atomic mass is 19.4. The Morgan fingerprint density at radius 2 is 2.00 bits per heavy atom. The molecule has 0 radical (unpaired) electrons. The summed E-state index contributed by atoms with van der Waals surface area (Å²) in [5.41, 5.74) is -1.66. The van der Waals surface area contributed by atoms with Crippen LogP contribution in [0.1, 0.15) is 31.4 Å². The second-order valence-electron chi connectivity index (χ2n) is 5.22. The van der Waals surface area contributed by atoms with Crippen LogP contribution in [-0.2, 0) is 11.6 Å². The number of hydrogen-bond donors (Lipinski definition) is 1. The van der Waals surface area contributed by atoms with Gasteiger partial charge in [-0.05, 0) is 23.5 Å². The maximum atomic E-state index is 12.9. The van der Waals surface area contributed by atoms with Gasteiger partial charge in [0.15, 0.2) is 0 Å². The molecule has 0 spiro atoms. The Bertz CT molecular complexity index is 442. The zero-order chi connectivity index (χ0) is 12.9. The Balaban J connectivity index is 2.54. The van der Waals surface area contributed by atoms with E-state index in [-0.39, 0.29) is 17.6 Å². The average molecular weight is 245 g/mol. The summed E-state index contributed by atoms with van der Waals surface area (Å²) in [5, 5.41) is 9.45. The third-order valence-corrected chi connectivity index (χ3v) is 3.83. The maximum Gasteiger partial charge on any atom is 0.418 e. The molecule has 1 atom stereocenters. The van der Waals surface area contributed by atoms with Gasteiger partial charge in [-0.15, -0.1) is 0 Å². The molecule has 1 aromatic rings. The number of aliphatic hydroxyl groups is 1. The van der Waals surface area contributed by atoms with Gasteiger partial charge in [0.05, 0.1) is 12.2 Å². The van der Waals surface area contributed by atoms with Crippen molar-refractivity contribution in [1.29, 1.82) is 0 Å². The van der Waals surface area contributed by atoms with Gasteiger partial charge in [-0.25, -0.2) is 0 Å². The van der Waals surface area contributed by atoms with Gasteiger partial charge < -0.3 is 5.11 Å². The Hall–Kier alpha value is -1.10. The summed E-state index contributed by atoms with van der Waals surface area (Å²) in [4.78, 5) is 3.53. The molecule has 5 heteroatoms. The monoisotopic (exact) mass is 245 g/mol. The Morgan fingerprint density at radius 3 is 2.41 bits per heavy atom. The van der Waals surface area contributed by atoms with Crippen molar-refractivity contribution >= 4 is 0 Å². The van der Waals surface area contributed by atoms with Crippen LogP contribution < -0.4 is 0 Å². The van der Waals surface area contributed by atoms with Gasteiger partial charge in [-0.3, -0.25) is 4.98 Å². The predicted molar refractivity (Wildman–Crippen MR) is 56.4 cm³/mol. The summed E-state index contributed by atoms with van der Waals surface area (Å²) >= 11 is 0. The second kappa shape index (κ2) is 3.45. The van der Waals surface area contributed by atoms with Crippen LogP contribution in [0, 0.1) is 5.41 Å². The van der Waals surface area contributed by atoms with Crippen molar-refractivity contribution in [3.8, 4) is 0 Å². The maximum absolute atomic E-state index is 12.9. The minimum Gasteiger partial charge on any atom is -0.395 e. The first-order chi connectivity index (χ1) is 7.74. The van der Waals surface area contributed by atoms with E-state index in [0.29, 0.717) is 6.42 Å². The van der Waals surface area contributed by atoms with E-state index in [9.17, 15) is 18.3 Å². The molecular formula is C12H14F3NO. The van der Waals surface area contributed by atoms with E-state index in [1.165, 1.54) is 12.3 Å². The quantitative estimate of drug-likeness (QED) is 0.869. The van der Waals surface area contributed by atoms with Gasteiger partial charge in [0.1, 0.15) is 0 Å². The zero-order valence-electron chi connectivity index (χ0n) is 9.67. The van der Waals surface area contributed by atoms with E-state index in [4.69, 9.17) is 0 Å². The minimum absolute atomic E-state index is 0.160. The molecule has 0 bridgehead atoms. The highest BCUT2D eigenvalue weighted by molar-refractivity contribution is 5.42. The highest BCUT2D eigenvalue weighted by Crippen LogP contribution is 2.65. The molecule has 1 N–H and O–H groups in total. The van der Waals surface area contributed by atoms with Gasteiger partial charge in [0.2, 0.25) is 0 Å². The number of nitrogens with zero attached hydrogens (tertiary/aromatic N) is 1. The molecule has 94 valence electrons. The molecule has 0 aliphatic heterocycles. The lowest BCUT2D eigenvalue weighted by molar-refractivity contribution is -0.138. The van der Waals surface area contributed by atoms with Gasteiger partial charge in [-0.1, -0.05) is 13.8 Å². The summed E-state index contributed by atoms with van der Waals surface area (Å²) in [6.45, 7) is 3.46. The van der Waals surface area contributed by atoms with Crippen molar-refractivity contribution in [1.82, 2.24) is 4.98 Å². The summed E-state index contributed by atoms with van der Waals surface area (Å²) in [6, 6.07) is 1.37. The fourth-order valence-electron chi connectivity index (χ4n) is 2.56. The van der Waals surface area contributed by atoms with Crippen LogP contribution in [-0.4, -0.2) is 16.7 Å². The summed E-state index contributed by atoms with van der Waals surface area (Å²) in [6.07, 6.45) is -1.69. The number of halogens is 3. The number of alkyl halides is 3. The molecule has 1 aromatic heterocycles. The molecule has 2 rings (SSSR count). The summed E-state index contributed by atoms with van der Waals surface area (Å²) < 4.78 is 38.6. The van der Waals surface area contributed by atoms with E-state index in [2.05, 4.69) is 4.98 Å². The van der Waals surface area contributed by atoms with Crippen LogP contribution in [0.4, 0.5) is 13.2 Å². The number of aliphatic hydroxyl groups excluding tert-OH is 1. The second-order valence-corrected chi connectivity index (χ2v) is 5.22. The lowest BCUT2D eigenvalue weighted by Crippen LogP contribution is -2.24. The fourth-order valence-corrected chi connectivity index (χ4v) is 2.56. The molecule has 1 saturated carbocycles. The number of hydrogen-bond acceptors (Lipinski definition) is 2. The van der Waals surface area contributed by atoms with E-state index in [1.54, 1.807) is 0 Å². The average Bonchev–Trinajstić information content (AvgIpc) is 2.81. The molecule has 1 unspecified atom stereocenters. The van der Waals surface area contributed by atoms with Crippen LogP contribution in [0.5, 0.6) is 0 Å². The SMILES string of the molecule is CC1(C)CC1(CO)c1ccncc1C(F)(F)F. The van der Waals surface area contributed by atoms with Crippen molar-refractivity contribution in [3.63, 3.8) is 0 Å². The Morgan fingerprint density at radius 1 is 1.41 bits per heavy atom. The molecule has 1 fully saturated rings. The van der Waals surface area contributed by atoms with Crippen molar-refractivity contribution < 1.29 is 18.3 Å². The van der Waals surface area contributed by atoms with Crippen LogP contribution in [0.2, 0.25) is 0 Å². The number of rotatable bonds is 2. The third-order valence-electron chi connectivity index (χ3n) is 3.83. The van der Waals surface area contributed by atoms with Gasteiger partial charge >= 0.3 is 6.18 Å². The molecule has 0 saturated heterocycles. The van der Waals surface area contributed by atoms with Gasteiger partial charge in [0.25, 0.3) is 0 Å². The minimum atomic E-state index is -4.43. The fraction of sp³-hybridized carbons (Fsp3) is 0.583. The smallest absolute Gasteiger partial charge is 0.395 e. The summed E-state index contributed by atoms with van der Waals surface area (Å²) in [5.74, 6) is 0. The van der Waals surface area contributed by atoms with Crippen molar-refractivity contribution in [2.45, 2.75) is 31.9 Å². The lowest BCUT2D eigenvalue weighted by atomic mass is 9.86. The van der Waals surface area contributed by atoms with E-state index < -0.39 is 17.2 Å². The van der Waals surface area contributed by atoms with E-state index in [1.807, 2.05) is 13.8 Å². The molecule has 1 aliphatic carbocycles. The van der Waals surface area contributed by atoms with Gasteiger partial charge in [0, 0.05) is 17.8 Å². The lowest BCUT2D eigenvalue weighted by Gasteiger charge is -2.22. The molecule has 1 aliphatic rings. The normalized spacial score (nSPS) is 26.9. The Labute approximate surface area is 97.5 Å². The molecule has 17 heavy (non-hydrogen) atoms. The first-order valence-electron chi connectivity index (χ1n) is 5.37.